The van der Waals surface area contributed by atoms with E-state index in [4.69, 9.17) is 27.9 Å². The van der Waals surface area contributed by atoms with Crippen molar-refractivity contribution < 1.29 is 18.8 Å². The van der Waals surface area contributed by atoms with Crippen LogP contribution in [0.5, 0.6) is 5.75 Å². The normalized spacial score (nSPS) is 10.2. The van der Waals surface area contributed by atoms with Crippen LogP contribution in [0.4, 0.5) is 15.8 Å². The van der Waals surface area contributed by atoms with Gasteiger partial charge in [0.1, 0.15) is 17.3 Å². The van der Waals surface area contributed by atoms with Crippen LogP contribution in [0.1, 0.15) is 0 Å². The van der Waals surface area contributed by atoms with Crippen molar-refractivity contribution in [3.8, 4) is 5.75 Å². The Morgan fingerprint density at radius 2 is 2.00 bits per heavy atom. The van der Waals surface area contributed by atoms with E-state index in [0.29, 0.717) is 11.1 Å². The summed E-state index contributed by atoms with van der Waals surface area (Å²) >= 11 is 11.6. The maximum Gasteiger partial charge on any atom is 0.295 e. The number of ether oxygens (including phenoxy) is 1. The van der Waals surface area contributed by atoms with Crippen molar-refractivity contribution >= 4 is 40.5 Å². The first kappa shape index (κ1) is 17.0. The van der Waals surface area contributed by atoms with Gasteiger partial charge in [0.25, 0.3) is 11.6 Å². The highest BCUT2D eigenvalue weighted by molar-refractivity contribution is 6.35. The summed E-state index contributed by atoms with van der Waals surface area (Å²) in [7, 11) is 0. The van der Waals surface area contributed by atoms with Gasteiger partial charge in [-0.25, -0.2) is 4.39 Å². The molecule has 2 rings (SSSR count). The second-order valence-corrected chi connectivity index (χ2v) is 5.17. The first-order chi connectivity index (χ1) is 10.9. The van der Waals surface area contributed by atoms with Crippen molar-refractivity contribution in [2.75, 3.05) is 11.9 Å². The van der Waals surface area contributed by atoms with Crippen LogP contribution >= 0.6 is 23.2 Å². The summed E-state index contributed by atoms with van der Waals surface area (Å²) < 4.78 is 18.2. The molecule has 2 aromatic rings. The number of nitrogens with one attached hydrogen (secondary N) is 1. The van der Waals surface area contributed by atoms with Crippen LogP contribution in [0, 0.1) is 15.9 Å². The number of benzene rings is 2. The van der Waals surface area contributed by atoms with E-state index in [0.717, 1.165) is 12.1 Å². The maximum absolute atomic E-state index is 13.0. The molecule has 120 valence electrons. The predicted octanol–water partition coefficient (Wildman–Crippen LogP) is 4.06. The number of nitro groups is 1. The van der Waals surface area contributed by atoms with Crippen molar-refractivity contribution in [2.45, 2.75) is 0 Å². The van der Waals surface area contributed by atoms with Crippen molar-refractivity contribution in [2.24, 2.45) is 0 Å². The molecule has 0 fully saturated rings. The van der Waals surface area contributed by atoms with Crippen molar-refractivity contribution in [1.82, 2.24) is 0 Å². The number of nitro benzene ring substituents is 1. The lowest BCUT2D eigenvalue weighted by Crippen LogP contribution is -2.20. The van der Waals surface area contributed by atoms with Gasteiger partial charge in [-0.1, -0.05) is 23.2 Å². The molecule has 0 aliphatic rings. The van der Waals surface area contributed by atoms with Gasteiger partial charge in [0.15, 0.2) is 6.61 Å². The van der Waals surface area contributed by atoms with Gasteiger partial charge in [-0.2, -0.15) is 0 Å². The Morgan fingerprint density at radius 3 is 2.65 bits per heavy atom. The van der Waals surface area contributed by atoms with E-state index >= 15 is 0 Å². The van der Waals surface area contributed by atoms with Crippen LogP contribution in [0.15, 0.2) is 36.4 Å². The average Bonchev–Trinajstić information content (AvgIpc) is 2.48. The van der Waals surface area contributed by atoms with E-state index in [1.807, 2.05) is 0 Å². The fraction of sp³-hybridized carbons (Fsp3) is 0.0714. The topological polar surface area (TPSA) is 81.5 Å². The van der Waals surface area contributed by atoms with Crippen molar-refractivity contribution in [3.05, 3.63) is 62.4 Å². The minimum Gasteiger partial charge on any atom is -0.482 e. The molecule has 23 heavy (non-hydrogen) atoms. The van der Waals surface area contributed by atoms with E-state index in [1.54, 1.807) is 0 Å². The number of hydrogen-bond acceptors (Lipinski definition) is 4. The molecule has 0 spiro atoms. The monoisotopic (exact) mass is 358 g/mol. The lowest BCUT2D eigenvalue weighted by molar-refractivity contribution is -0.384. The SMILES string of the molecule is O=C(COc1ccc(Cl)cc1Cl)Nc1ccc(F)cc1[N+](=O)[O-]. The third-order valence-electron chi connectivity index (χ3n) is 2.68. The summed E-state index contributed by atoms with van der Waals surface area (Å²) in [4.78, 5) is 21.8. The molecule has 0 radical (unpaired) electrons. The van der Waals surface area contributed by atoms with Gasteiger partial charge >= 0.3 is 0 Å². The van der Waals surface area contributed by atoms with Gasteiger partial charge in [-0.15, -0.1) is 0 Å². The zero-order chi connectivity index (χ0) is 17.0. The van der Waals surface area contributed by atoms with Crippen LogP contribution in [0.2, 0.25) is 10.0 Å². The van der Waals surface area contributed by atoms with Gasteiger partial charge in [-0.05, 0) is 30.3 Å². The Hall–Kier alpha value is -2.38. The molecule has 0 atom stereocenters. The average molecular weight is 359 g/mol. The predicted molar refractivity (Wildman–Crippen MR) is 83.6 cm³/mol. The number of amides is 1. The van der Waals surface area contributed by atoms with E-state index < -0.39 is 28.9 Å². The molecule has 9 heteroatoms. The molecule has 0 aliphatic heterocycles. The zero-order valence-electron chi connectivity index (χ0n) is 11.4. The molecule has 1 amide bonds. The maximum atomic E-state index is 13.0. The molecule has 0 saturated heterocycles. The van der Waals surface area contributed by atoms with Crippen LogP contribution < -0.4 is 10.1 Å². The standard InChI is InChI=1S/C14H9Cl2FN2O4/c15-8-1-4-13(10(16)5-8)23-7-14(20)18-11-3-2-9(17)6-12(11)19(21)22/h1-6H,7H2,(H,18,20). The first-order valence-electron chi connectivity index (χ1n) is 6.18. The smallest absolute Gasteiger partial charge is 0.295 e. The molecular weight excluding hydrogens is 350 g/mol. The Labute approximate surface area is 139 Å². The summed E-state index contributed by atoms with van der Waals surface area (Å²) in [5, 5.41) is 13.7. The second kappa shape index (κ2) is 7.26. The number of carbonyl (C=O) groups is 1. The van der Waals surface area contributed by atoms with E-state index in [1.165, 1.54) is 18.2 Å². The number of nitrogens with zero attached hydrogens (tertiary/aromatic N) is 1. The molecule has 0 aromatic heterocycles. The number of carbonyl (C=O) groups excluding carboxylic acids is 1. The highest BCUT2D eigenvalue weighted by atomic mass is 35.5. The molecule has 0 saturated carbocycles. The van der Waals surface area contributed by atoms with E-state index in [2.05, 4.69) is 5.32 Å². The van der Waals surface area contributed by atoms with Gasteiger partial charge in [0.2, 0.25) is 0 Å². The minimum atomic E-state index is -0.796. The van der Waals surface area contributed by atoms with Crippen LogP contribution in [0.25, 0.3) is 0 Å². The fourth-order valence-corrected chi connectivity index (χ4v) is 2.15. The van der Waals surface area contributed by atoms with Gasteiger partial charge in [0, 0.05) is 5.02 Å². The lowest BCUT2D eigenvalue weighted by Gasteiger charge is -2.09. The summed E-state index contributed by atoms with van der Waals surface area (Å²) in [6.45, 7) is -0.435. The molecular formula is C14H9Cl2FN2O4. The molecule has 6 nitrogen and oxygen atoms in total. The molecule has 0 unspecified atom stereocenters. The Bertz CT molecular complexity index is 770. The summed E-state index contributed by atoms with van der Waals surface area (Å²) in [5.74, 6) is -1.20. The second-order valence-electron chi connectivity index (χ2n) is 4.33. The number of rotatable bonds is 5. The summed E-state index contributed by atoms with van der Waals surface area (Å²) in [5.41, 5.74) is -0.685. The van der Waals surface area contributed by atoms with E-state index in [9.17, 15) is 19.3 Å². The number of halogens is 3. The van der Waals surface area contributed by atoms with Crippen molar-refractivity contribution in [1.29, 1.82) is 0 Å². The van der Waals surface area contributed by atoms with Gasteiger partial charge in [0.05, 0.1) is 16.0 Å². The summed E-state index contributed by atoms with van der Waals surface area (Å²) in [6.07, 6.45) is 0. The van der Waals surface area contributed by atoms with Crippen LogP contribution in [-0.2, 0) is 4.79 Å². The Morgan fingerprint density at radius 1 is 1.26 bits per heavy atom. The van der Waals surface area contributed by atoms with Crippen molar-refractivity contribution in [3.63, 3.8) is 0 Å². The van der Waals surface area contributed by atoms with E-state index in [-0.39, 0.29) is 16.5 Å². The molecule has 1 N–H and O–H groups in total. The number of hydrogen-bond donors (Lipinski definition) is 1. The molecule has 0 bridgehead atoms. The Balaban J connectivity index is 2.04. The minimum absolute atomic E-state index is 0.132. The third kappa shape index (κ3) is 4.54. The van der Waals surface area contributed by atoms with Gasteiger partial charge < -0.3 is 10.1 Å². The fourth-order valence-electron chi connectivity index (χ4n) is 1.68. The Kier molecular flexibility index (Phi) is 5.36. The van der Waals surface area contributed by atoms with Crippen LogP contribution in [0.3, 0.4) is 0 Å². The first-order valence-corrected chi connectivity index (χ1v) is 6.94. The lowest BCUT2D eigenvalue weighted by atomic mass is 10.2. The highest BCUT2D eigenvalue weighted by Gasteiger charge is 2.17. The molecule has 0 aliphatic carbocycles. The molecule has 2 aromatic carbocycles. The van der Waals surface area contributed by atoms with Gasteiger partial charge in [-0.3, -0.25) is 14.9 Å². The summed E-state index contributed by atoms with van der Waals surface area (Å²) in [6, 6.07) is 7.28. The number of anilines is 1. The quantitative estimate of drug-likeness (QED) is 0.645. The zero-order valence-corrected chi connectivity index (χ0v) is 12.9. The largest absolute Gasteiger partial charge is 0.482 e. The highest BCUT2D eigenvalue weighted by Crippen LogP contribution is 2.28. The third-order valence-corrected chi connectivity index (χ3v) is 3.21. The molecule has 0 heterocycles. The van der Waals surface area contributed by atoms with Crippen LogP contribution in [-0.4, -0.2) is 17.4 Å².